The van der Waals surface area contributed by atoms with Gasteiger partial charge in [-0.15, -0.1) is 0 Å². The van der Waals surface area contributed by atoms with E-state index in [1.807, 2.05) is 18.2 Å². The maximum atomic E-state index is 5.92. The van der Waals surface area contributed by atoms with Crippen LogP contribution < -0.4 is 15.2 Å². The molecule has 4 nitrogen and oxygen atoms in total. The highest BCUT2D eigenvalue weighted by Crippen LogP contribution is 2.25. The van der Waals surface area contributed by atoms with E-state index in [0.717, 1.165) is 36.6 Å². The van der Waals surface area contributed by atoms with Gasteiger partial charge in [-0.05, 0) is 50.5 Å². The molecule has 0 radical (unpaired) electrons. The Morgan fingerprint density at radius 2 is 2.05 bits per heavy atom. The van der Waals surface area contributed by atoms with E-state index in [1.54, 1.807) is 7.11 Å². The maximum absolute atomic E-state index is 5.92. The average molecular weight is 264 g/mol. The molecule has 0 unspecified atom stereocenters. The van der Waals surface area contributed by atoms with Crippen molar-refractivity contribution in [3.05, 3.63) is 23.8 Å². The first-order chi connectivity index (χ1) is 9.33. The highest BCUT2D eigenvalue weighted by Gasteiger charge is 2.11. The summed E-state index contributed by atoms with van der Waals surface area (Å²) in [7, 11) is 1.67. The summed E-state index contributed by atoms with van der Waals surface area (Å²) < 4.78 is 11.2. The van der Waals surface area contributed by atoms with E-state index in [4.69, 9.17) is 15.2 Å². The quantitative estimate of drug-likeness (QED) is 0.814. The first-order valence-corrected chi connectivity index (χ1v) is 7.05. The van der Waals surface area contributed by atoms with Crippen molar-refractivity contribution in [3.8, 4) is 11.5 Å². The van der Waals surface area contributed by atoms with E-state index in [2.05, 4.69) is 4.90 Å². The normalized spacial score (nSPS) is 15.7. The second-order valence-electron chi connectivity index (χ2n) is 4.91. The van der Waals surface area contributed by atoms with Gasteiger partial charge >= 0.3 is 0 Å². The molecule has 0 spiro atoms. The minimum Gasteiger partial charge on any atom is -0.497 e. The van der Waals surface area contributed by atoms with Crippen LogP contribution in [0.15, 0.2) is 18.2 Å². The Morgan fingerprint density at radius 3 is 2.74 bits per heavy atom. The number of nitrogens with two attached hydrogens (primary N) is 1. The second kappa shape index (κ2) is 7.36. The molecule has 0 atom stereocenters. The molecule has 1 aromatic carbocycles. The number of hydrogen-bond donors (Lipinski definition) is 1. The number of likely N-dealkylation sites (tertiary alicyclic amines) is 1. The predicted molar refractivity (Wildman–Crippen MR) is 76.9 cm³/mol. The van der Waals surface area contributed by atoms with Crippen molar-refractivity contribution in [2.24, 2.45) is 5.73 Å². The van der Waals surface area contributed by atoms with Crippen molar-refractivity contribution in [1.82, 2.24) is 4.90 Å². The Morgan fingerprint density at radius 1 is 1.26 bits per heavy atom. The summed E-state index contributed by atoms with van der Waals surface area (Å²) in [5, 5.41) is 0. The van der Waals surface area contributed by atoms with Gasteiger partial charge in [0.05, 0.1) is 7.11 Å². The van der Waals surface area contributed by atoms with Crippen LogP contribution in [-0.4, -0.2) is 44.8 Å². The van der Waals surface area contributed by atoms with Gasteiger partial charge in [-0.1, -0.05) is 6.07 Å². The fourth-order valence-corrected chi connectivity index (χ4v) is 2.45. The van der Waals surface area contributed by atoms with E-state index in [-0.39, 0.29) is 0 Å². The Labute approximate surface area is 115 Å². The molecule has 2 N–H and O–H groups in total. The largest absolute Gasteiger partial charge is 0.497 e. The summed E-state index contributed by atoms with van der Waals surface area (Å²) in [5.41, 5.74) is 6.79. The van der Waals surface area contributed by atoms with Gasteiger partial charge in [-0.3, -0.25) is 4.90 Å². The minimum atomic E-state index is 0.634. The van der Waals surface area contributed by atoms with Crippen molar-refractivity contribution in [2.75, 3.05) is 39.9 Å². The van der Waals surface area contributed by atoms with Gasteiger partial charge in [0.2, 0.25) is 0 Å². The smallest absolute Gasteiger partial charge is 0.126 e. The third-order valence-corrected chi connectivity index (χ3v) is 3.55. The van der Waals surface area contributed by atoms with Crippen LogP contribution in [0.5, 0.6) is 11.5 Å². The lowest BCUT2D eigenvalue weighted by Gasteiger charge is -2.17. The number of hydrogen-bond acceptors (Lipinski definition) is 4. The SMILES string of the molecule is COc1ccc(CCN)c(OCCN2CCCC2)c1. The zero-order valence-electron chi connectivity index (χ0n) is 11.7. The molecule has 1 aromatic rings. The highest BCUT2D eigenvalue weighted by molar-refractivity contribution is 5.41. The van der Waals surface area contributed by atoms with Gasteiger partial charge in [0.25, 0.3) is 0 Å². The third kappa shape index (κ3) is 4.11. The number of rotatable bonds is 7. The summed E-state index contributed by atoms with van der Waals surface area (Å²) in [5.74, 6) is 1.74. The molecule has 0 aromatic heterocycles. The van der Waals surface area contributed by atoms with Gasteiger partial charge < -0.3 is 15.2 Å². The zero-order valence-corrected chi connectivity index (χ0v) is 11.7. The molecule has 0 aliphatic carbocycles. The van der Waals surface area contributed by atoms with E-state index in [9.17, 15) is 0 Å². The number of methoxy groups -OCH3 is 1. The van der Waals surface area contributed by atoms with Crippen LogP contribution in [0.25, 0.3) is 0 Å². The number of nitrogens with zero attached hydrogens (tertiary/aromatic N) is 1. The van der Waals surface area contributed by atoms with E-state index in [1.165, 1.54) is 25.9 Å². The van der Waals surface area contributed by atoms with Gasteiger partial charge in [-0.25, -0.2) is 0 Å². The molecule has 1 heterocycles. The van der Waals surface area contributed by atoms with Crippen LogP contribution in [0.4, 0.5) is 0 Å². The summed E-state index contributed by atoms with van der Waals surface area (Å²) in [6, 6.07) is 5.95. The standard InChI is InChI=1S/C15H24N2O2/c1-18-14-5-4-13(6-7-16)15(12-14)19-11-10-17-8-2-3-9-17/h4-5,12H,2-3,6-11,16H2,1H3. The average Bonchev–Trinajstić information content (AvgIpc) is 2.94. The van der Waals surface area contributed by atoms with E-state index in [0.29, 0.717) is 6.54 Å². The van der Waals surface area contributed by atoms with Crippen LogP contribution in [-0.2, 0) is 6.42 Å². The van der Waals surface area contributed by atoms with Crippen LogP contribution in [0.3, 0.4) is 0 Å². The van der Waals surface area contributed by atoms with Gasteiger partial charge in [0.1, 0.15) is 18.1 Å². The zero-order chi connectivity index (χ0) is 13.5. The minimum absolute atomic E-state index is 0.634. The van der Waals surface area contributed by atoms with Crippen LogP contribution in [0.1, 0.15) is 18.4 Å². The molecule has 0 amide bonds. The summed E-state index contributed by atoms with van der Waals surface area (Å²) in [4.78, 5) is 2.45. The van der Waals surface area contributed by atoms with Crippen LogP contribution in [0.2, 0.25) is 0 Å². The third-order valence-electron chi connectivity index (χ3n) is 3.55. The molecule has 2 rings (SSSR count). The molecule has 1 aliphatic rings. The van der Waals surface area contributed by atoms with Gasteiger partial charge in [-0.2, -0.15) is 0 Å². The van der Waals surface area contributed by atoms with Crippen LogP contribution in [0, 0.1) is 0 Å². The molecule has 0 bridgehead atoms. The monoisotopic (exact) mass is 264 g/mol. The van der Waals surface area contributed by atoms with Crippen molar-refractivity contribution >= 4 is 0 Å². The second-order valence-corrected chi connectivity index (χ2v) is 4.91. The Bertz CT molecular complexity index is 390. The lowest BCUT2D eigenvalue weighted by atomic mass is 10.1. The fourth-order valence-electron chi connectivity index (χ4n) is 2.45. The molecule has 1 fully saturated rings. The van der Waals surface area contributed by atoms with Crippen LogP contribution >= 0.6 is 0 Å². The summed E-state index contributed by atoms with van der Waals surface area (Å²) >= 11 is 0. The number of benzene rings is 1. The molecule has 4 heteroatoms. The van der Waals surface area contributed by atoms with E-state index >= 15 is 0 Å². The molecular weight excluding hydrogens is 240 g/mol. The van der Waals surface area contributed by atoms with E-state index < -0.39 is 0 Å². The molecule has 0 saturated carbocycles. The van der Waals surface area contributed by atoms with Crippen molar-refractivity contribution in [3.63, 3.8) is 0 Å². The highest BCUT2D eigenvalue weighted by atomic mass is 16.5. The lowest BCUT2D eigenvalue weighted by molar-refractivity contribution is 0.235. The summed E-state index contributed by atoms with van der Waals surface area (Å²) in [6.45, 7) is 4.77. The Hall–Kier alpha value is -1.26. The van der Waals surface area contributed by atoms with Gasteiger partial charge in [0, 0.05) is 12.6 Å². The molecule has 19 heavy (non-hydrogen) atoms. The first kappa shape index (κ1) is 14.2. The molecular formula is C15H24N2O2. The number of ether oxygens (including phenoxy) is 2. The summed E-state index contributed by atoms with van der Waals surface area (Å²) in [6.07, 6.45) is 3.47. The first-order valence-electron chi connectivity index (χ1n) is 7.05. The van der Waals surface area contributed by atoms with Crippen molar-refractivity contribution in [1.29, 1.82) is 0 Å². The molecule has 1 saturated heterocycles. The predicted octanol–water partition coefficient (Wildman–Crippen LogP) is 1.67. The fraction of sp³-hybridized carbons (Fsp3) is 0.600. The maximum Gasteiger partial charge on any atom is 0.126 e. The van der Waals surface area contributed by atoms with Gasteiger partial charge in [0.15, 0.2) is 0 Å². The Balaban J connectivity index is 1.91. The molecule has 106 valence electrons. The van der Waals surface area contributed by atoms with Crippen molar-refractivity contribution in [2.45, 2.75) is 19.3 Å². The topological polar surface area (TPSA) is 47.7 Å². The van der Waals surface area contributed by atoms with Crippen molar-refractivity contribution < 1.29 is 9.47 Å². The lowest BCUT2D eigenvalue weighted by Crippen LogP contribution is -2.25. The Kier molecular flexibility index (Phi) is 5.48. The molecule has 1 aliphatic heterocycles.